The molecule has 0 atom stereocenters. The molecule has 146 valence electrons. The minimum absolute atomic E-state index is 0.580. The number of rotatable bonds is 6. The van der Waals surface area contributed by atoms with E-state index >= 15 is 0 Å². The van der Waals surface area contributed by atoms with Crippen LogP contribution in [0.1, 0.15) is 29.4 Å². The fraction of sp³-hybridized carbons (Fsp3) is 0.318. The van der Waals surface area contributed by atoms with Crippen molar-refractivity contribution >= 4 is 5.96 Å². The van der Waals surface area contributed by atoms with E-state index in [1.165, 1.54) is 11.1 Å². The van der Waals surface area contributed by atoms with Gasteiger partial charge in [-0.15, -0.1) is 0 Å². The largest absolute Gasteiger partial charge is 0.357 e. The number of hydrogen-bond acceptors (Lipinski definition) is 3. The molecule has 0 radical (unpaired) electrons. The molecule has 0 saturated carbocycles. The van der Waals surface area contributed by atoms with Crippen molar-refractivity contribution in [2.45, 2.75) is 33.9 Å². The Morgan fingerprint density at radius 2 is 1.96 bits per heavy atom. The smallest absolute Gasteiger partial charge is 0.194 e. The second-order valence-electron chi connectivity index (χ2n) is 6.82. The highest BCUT2D eigenvalue weighted by Gasteiger charge is 2.08. The van der Waals surface area contributed by atoms with Gasteiger partial charge >= 0.3 is 0 Å². The Balaban J connectivity index is 1.70. The molecule has 1 aromatic carbocycles. The summed E-state index contributed by atoms with van der Waals surface area (Å²) in [4.78, 5) is 15.7. The van der Waals surface area contributed by atoms with Crippen LogP contribution in [0, 0.1) is 13.8 Å². The van der Waals surface area contributed by atoms with Gasteiger partial charge in [-0.25, -0.2) is 15.0 Å². The van der Waals surface area contributed by atoms with Crippen LogP contribution in [-0.4, -0.2) is 39.0 Å². The Labute approximate surface area is 167 Å². The first-order valence-corrected chi connectivity index (χ1v) is 9.57. The van der Waals surface area contributed by atoms with Crippen LogP contribution in [0.5, 0.6) is 0 Å². The predicted octanol–water partition coefficient (Wildman–Crippen LogP) is 3.48. The van der Waals surface area contributed by atoms with Gasteiger partial charge in [0, 0.05) is 38.7 Å². The Kier molecular flexibility index (Phi) is 6.42. The molecule has 0 amide bonds. The minimum Gasteiger partial charge on any atom is -0.357 e. The lowest BCUT2D eigenvalue weighted by molar-refractivity contribution is 0.475. The van der Waals surface area contributed by atoms with Crippen LogP contribution in [0.25, 0.3) is 5.82 Å². The van der Waals surface area contributed by atoms with Gasteiger partial charge in [0.1, 0.15) is 11.6 Å². The number of imidazole rings is 1. The van der Waals surface area contributed by atoms with Crippen molar-refractivity contribution in [2.24, 2.45) is 4.99 Å². The molecule has 0 fully saturated rings. The van der Waals surface area contributed by atoms with Gasteiger partial charge in [0.15, 0.2) is 5.96 Å². The first kappa shape index (κ1) is 19.6. The number of aryl methyl sites for hydroxylation is 2. The van der Waals surface area contributed by atoms with E-state index in [0.29, 0.717) is 6.54 Å². The first-order valence-electron chi connectivity index (χ1n) is 9.57. The summed E-state index contributed by atoms with van der Waals surface area (Å²) in [5, 5.41) is 3.38. The molecular formula is C22H28N6. The third-order valence-electron chi connectivity index (χ3n) is 4.66. The summed E-state index contributed by atoms with van der Waals surface area (Å²) in [5.74, 6) is 2.68. The quantitative estimate of drug-likeness (QED) is 0.529. The predicted molar refractivity (Wildman–Crippen MR) is 114 cm³/mol. The first-order chi connectivity index (χ1) is 13.6. The number of aliphatic imine (C=N–C) groups is 1. The molecule has 3 rings (SSSR count). The van der Waals surface area contributed by atoms with Gasteiger partial charge in [-0.05, 0) is 43.5 Å². The molecule has 0 aliphatic rings. The number of guanidine groups is 1. The maximum absolute atomic E-state index is 4.79. The maximum Gasteiger partial charge on any atom is 0.194 e. The van der Waals surface area contributed by atoms with Crippen molar-refractivity contribution < 1.29 is 0 Å². The highest BCUT2D eigenvalue weighted by molar-refractivity contribution is 5.79. The van der Waals surface area contributed by atoms with E-state index < -0.39 is 0 Å². The van der Waals surface area contributed by atoms with Crippen LogP contribution in [0.4, 0.5) is 0 Å². The van der Waals surface area contributed by atoms with Crippen LogP contribution in [-0.2, 0) is 13.1 Å². The monoisotopic (exact) mass is 376 g/mol. The van der Waals surface area contributed by atoms with Crippen molar-refractivity contribution in [1.82, 2.24) is 24.8 Å². The number of pyridine rings is 1. The van der Waals surface area contributed by atoms with E-state index in [2.05, 4.69) is 71.4 Å². The lowest BCUT2D eigenvalue weighted by atomic mass is 10.1. The average molecular weight is 377 g/mol. The number of nitrogens with zero attached hydrogens (tertiary/aromatic N) is 5. The Morgan fingerprint density at radius 3 is 2.61 bits per heavy atom. The Morgan fingerprint density at radius 1 is 1.14 bits per heavy atom. The second kappa shape index (κ2) is 9.17. The standard InChI is InChI=1S/C22H28N6/c1-5-23-22(27(4)16-20-9-7-6-8-17(20)2)26-15-19-10-11-21(25-14-19)28-13-12-24-18(28)3/h6-14H,5,15-16H2,1-4H3,(H,23,26). The molecule has 3 aromatic rings. The summed E-state index contributed by atoms with van der Waals surface area (Å²) < 4.78 is 1.97. The van der Waals surface area contributed by atoms with Gasteiger partial charge in [0.2, 0.25) is 0 Å². The fourth-order valence-corrected chi connectivity index (χ4v) is 3.03. The molecule has 0 bridgehead atoms. The van der Waals surface area contributed by atoms with Crippen LogP contribution < -0.4 is 5.32 Å². The van der Waals surface area contributed by atoms with Gasteiger partial charge in [-0.3, -0.25) is 4.57 Å². The normalized spacial score (nSPS) is 11.5. The molecule has 0 saturated heterocycles. The van der Waals surface area contributed by atoms with E-state index in [9.17, 15) is 0 Å². The molecule has 6 nitrogen and oxygen atoms in total. The van der Waals surface area contributed by atoms with Gasteiger partial charge in [-0.1, -0.05) is 30.3 Å². The van der Waals surface area contributed by atoms with E-state index in [0.717, 1.165) is 36.3 Å². The van der Waals surface area contributed by atoms with Gasteiger partial charge in [-0.2, -0.15) is 0 Å². The van der Waals surface area contributed by atoms with Crippen molar-refractivity contribution in [1.29, 1.82) is 0 Å². The molecule has 6 heteroatoms. The third kappa shape index (κ3) is 4.76. The SMILES string of the molecule is CCNC(=NCc1ccc(-n2ccnc2C)nc1)N(C)Cc1ccccc1C. The highest BCUT2D eigenvalue weighted by atomic mass is 15.3. The summed E-state index contributed by atoms with van der Waals surface area (Å²) in [7, 11) is 2.07. The van der Waals surface area contributed by atoms with Crippen LogP contribution in [0.2, 0.25) is 0 Å². The number of nitrogens with one attached hydrogen (secondary N) is 1. The zero-order valence-corrected chi connectivity index (χ0v) is 17.1. The van der Waals surface area contributed by atoms with E-state index in [-0.39, 0.29) is 0 Å². The molecule has 2 aromatic heterocycles. The number of hydrogen-bond donors (Lipinski definition) is 1. The summed E-state index contributed by atoms with van der Waals surface area (Å²) in [6, 6.07) is 12.5. The number of aromatic nitrogens is 3. The zero-order valence-electron chi connectivity index (χ0n) is 17.1. The number of benzene rings is 1. The molecule has 0 spiro atoms. The minimum atomic E-state index is 0.580. The molecule has 0 unspecified atom stereocenters. The summed E-state index contributed by atoms with van der Waals surface area (Å²) in [6.07, 6.45) is 5.57. The fourth-order valence-electron chi connectivity index (χ4n) is 3.03. The Bertz CT molecular complexity index is 926. The van der Waals surface area contributed by atoms with Gasteiger partial charge < -0.3 is 10.2 Å². The van der Waals surface area contributed by atoms with Crippen molar-refractivity contribution in [3.8, 4) is 5.82 Å². The summed E-state index contributed by atoms with van der Waals surface area (Å²) >= 11 is 0. The average Bonchev–Trinajstić information content (AvgIpc) is 3.13. The van der Waals surface area contributed by atoms with Crippen LogP contribution in [0.3, 0.4) is 0 Å². The van der Waals surface area contributed by atoms with Gasteiger partial charge in [0.25, 0.3) is 0 Å². The van der Waals surface area contributed by atoms with E-state index in [1.54, 1.807) is 6.20 Å². The third-order valence-corrected chi connectivity index (χ3v) is 4.66. The van der Waals surface area contributed by atoms with Gasteiger partial charge in [0.05, 0.1) is 6.54 Å². The van der Waals surface area contributed by atoms with Crippen molar-refractivity contribution in [2.75, 3.05) is 13.6 Å². The molecule has 0 aliphatic carbocycles. The van der Waals surface area contributed by atoms with Crippen LogP contribution >= 0.6 is 0 Å². The zero-order chi connectivity index (χ0) is 19.9. The Hall–Kier alpha value is -3.15. The molecular weight excluding hydrogens is 348 g/mol. The topological polar surface area (TPSA) is 58.3 Å². The molecule has 2 heterocycles. The maximum atomic E-state index is 4.79. The van der Waals surface area contributed by atoms with Crippen molar-refractivity contribution in [3.63, 3.8) is 0 Å². The molecule has 0 aliphatic heterocycles. The van der Waals surface area contributed by atoms with E-state index in [4.69, 9.17) is 4.99 Å². The highest BCUT2D eigenvalue weighted by Crippen LogP contribution is 2.11. The summed E-state index contributed by atoms with van der Waals surface area (Å²) in [6.45, 7) is 8.41. The summed E-state index contributed by atoms with van der Waals surface area (Å²) in [5.41, 5.74) is 3.67. The molecule has 1 N–H and O–H groups in total. The lowest BCUT2D eigenvalue weighted by Gasteiger charge is -2.23. The second-order valence-corrected chi connectivity index (χ2v) is 6.82. The van der Waals surface area contributed by atoms with Crippen molar-refractivity contribution in [3.05, 3.63) is 77.5 Å². The van der Waals surface area contributed by atoms with E-state index in [1.807, 2.05) is 30.0 Å². The lowest BCUT2D eigenvalue weighted by Crippen LogP contribution is -2.38. The molecule has 28 heavy (non-hydrogen) atoms. The van der Waals surface area contributed by atoms with Crippen LogP contribution in [0.15, 0.2) is 60.0 Å².